The molecule has 1 fully saturated rings. The molecule has 2 aliphatic heterocycles. The average Bonchev–Trinajstić information content (AvgIpc) is 3.09. The Hall–Kier alpha value is -3.08. The third kappa shape index (κ3) is 10.0. The Balaban J connectivity index is 1.44. The van der Waals surface area contributed by atoms with Crippen LogP contribution in [0.3, 0.4) is 0 Å². The molecule has 0 aromatic heterocycles. The Morgan fingerprint density at radius 2 is 1.58 bits per heavy atom. The van der Waals surface area contributed by atoms with Crippen molar-refractivity contribution in [1.82, 2.24) is 4.31 Å². The first kappa shape index (κ1) is 38.2. The number of piperidine rings is 1. The SMILES string of the molecule is COCCCN1CCOc2ccc(COC3CN(S(=O)(=O)c4ccc(C)cc4)C(OS(C)(=O)=O)CC3c3ccc(COCCOC)cc3)cc21. The lowest BCUT2D eigenvalue weighted by Crippen LogP contribution is -2.53. The zero-order valence-electron chi connectivity index (χ0n) is 29.2. The largest absolute Gasteiger partial charge is 0.490 e. The Kier molecular flexibility index (Phi) is 13.3. The number of sulfonamides is 1. The maximum Gasteiger partial charge on any atom is 0.265 e. The van der Waals surface area contributed by atoms with Gasteiger partial charge in [0.1, 0.15) is 18.6 Å². The summed E-state index contributed by atoms with van der Waals surface area (Å²) in [5.41, 5.74) is 4.59. The normalized spacial score (nSPS) is 20.0. The first-order valence-corrected chi connectivity index (χ1v) is 20.0. The van der Waals surface area contributed by atoms with Crippen LogP contribution in [-0.2, 0) is 56.5 Å². The van der Waals surface area contributed by atoms with Gasteiger partial charge in [0.25, 0.3) is 10.1 Å². The van der Waals surface area contributed by atoms with Gasteiger partial charge in [0.15, 0.2) is 0 Å². The monoisotopic (exact) mass is 732 g/mol. The number of nitrogens with zero attached hydrogens (tertiary/aromatic N) is 2. The predicted octanol–water partition coefficient (Wildman–Crippen LogP) is 4.46. The molecule has 2 heterocycles. The fourth-order valence-electron chi connectivity index (χ4n) is 6.25. The molecule has 14 heteroatoms. The Morgan fingerprint density at radius 3 is 2.28 bits per heavy atom. The van der Waals surface area contributed by atoms with Gasteiger partial charge in [0.05, 0.1) is 55.9 Å². The van der Waals surface area contributed by atoms with Crippen LogP contribution in [0.4, 0.5) is 5.69 Å². The lowest BCUT2D eigenvalue weighted by atomic mass is 9.86. The molecule has 12 nitrogen and oxygen atoms in total. The van der Waals surface area contributed by atoms with Crippen molar-refractivity contribution in [2.45, 2.75) is 56.1 Å². The molecule has 3 unspecified atom stereocenters. The molecule has 0 spiro atoms. The van der Waals surface area contributed by atoms with Crippen LogP contribution in [0.1, 0.15) is 41.0 Å². The van der Waals surface area contributed by atoms with Crippen LogP contribution in [0.25, 0.3) is 0 Å². The predicted molar refractivity (Wildman–Crippen MR) is 189 cm³/mol. The van der Waals surface area contributed by atoms with Crippen molar-refractivity contribution in [2.24, 2.45) is 0 Å². The van der Waals surface area contributed by atoms with E-state index in [1.807, 2.05) is 49.4 Å². The molecule has 0 amide bonds. The van der Waals surface area contributed by atoms with Gasteiger partial charge in [-0.1, -0.05) is 48.0 Å². The van der Waals surface area contributed by atoms with E-state index in [-0.39, 0.29) is 30.4 Å². The molecule has 0 saturated carbocycles. The molecule has 3 atom stereocenters. The van der Waals surface area contributed by atoms with Gasteiger partial charge in [0, 0.05) is 39.8 Å². The van der Waals surface area contributed by atoms with Gasteiger partial charge < -0.3 is 28.6 Å². The summed E-state index contributed by atoms with van der Waals surface area (Å²) in [6, 6.07) is 20.2. The molecule has 3 aromatic carbocycles. The summed E-state index contributed by atoms with van der Waals surface area (Å²) in [4.78, 5) is 2.32. The first-order valence-electron chi connectivity index (χ1n) is 16.7. The van der Waals surface area contributed by atoms with E-state index >= 15 is 0 Å². The maximum atomic E-state index is 14.1. The van der Waals surface area contributed by atoms with Crippen LogP contribution in [0.5, 0.6) is 5.75 Å². The third-order valence-electron chi connectivity index (χ3n) is 8.83. The molecule has 0 N–H and O–H groups in total. The van der Waals surface area contributed by atoms with Crippen molar-refractivity contribution in [3.8, 4) is 5.75 Å². The van der Waals surface area contributed by atoms with E-state index in [0.29, 0.717) is 33.0 Å². The standard InChI is InChI=1S/C36H48N2O10S2/c1-27-6-13-31(14-7-27)50(41,42)38-24-35(47-26-29-10-15-34-33(22-29)37(17-19-46-34)16-5-18-43-2)32(23-36(38)48-49(4,39)40)30-11-8-28(9-12-30)25-45-21-20-44-3/h6-15,22,32,35-36H,5,16-21,23-26H2,1-4H3. The minimum absolute atomic E-state index is 0.0449. The van der Waals surface area contributed by atoms with Gasteiger partial charge >= 0.3 is 0 Å². The number of fused-ring (bicyclic) bond motifs is 1. The van der Waals surface area contributed by atoms with Crippen molar-refractivity contribution >= 4 is 25.8 Å². The van der Waals surface area contributed by atoms with E-state index in [9.17, 15) is 16.8 Å². The van der Waals surface area contributed by atoms with E-state index in [4.69, 9.17) is 27.9 Å². The van der Waals surface area contributed by atoms with Crippen molar-refractivity contribution in [1.29, 1.82) is 0 Å². The summed E-state index contributed by atoms with van der Waals surface area (Å²) in [7, 11) is -4.89. The van der Waals surface area contributed by atoms with E-state index in [1.165, 1.54) is 12.1 Å². The molecular formula is C36H48N2O10S2. The molecule has 0 radical (unpaired) electrons. The third-order valence-corrected chi connectivity index (χ3v) is 11.3. The number of benzene rings is 3. The summed E-state index contributed by atoms with van der Waals surface area (Å²) < 4.78 is 88.3. The summed E-state index contributed by atoms with van der Waals surface area (Å²) in [5.74, 6) is 0.413. The quantitative estimate of drug-likeness (QED) is 0.144. The van der Waals surface area contributed by atoms with Crippen LogP contribution in [0.2, 0.25) is 0 Å². The smallest absolute Gasteiger partial charge is 0.265 e. The highest BCUT2D eigenvalue weighted by atomic mass is 32.2. The number of aryl methyl sites for hydroxylation is 1. The van der Waals surface area contributed by atoms with Gasteiger partial charge in [-0.2, -0.15) is 12.7 Å². The summed E-state index contributed by atoms with van der Waals surface area (Å²) in [5, 5.41) is 0. The summed E-state index contributed by atoms with van der Waals surface area (Å²) in [6.07, 6.45) is -0.0561. The molecule has 2 aliphatic rings. The highest BCUT2D eigenvalue weighted by Gasteiger charge is 2.45. The highest BCUT2D eigenvalue weighted by Crippen LogP contribution is 2.39. The molecule has 3 aromatic rings. The van der Waals surface area contributed by atoms with Gasteiger partial charge in [0.2, 0.25) is 10.0 Å². The van der Waals surface area contributed by atoms with Crippen molar-refractivity contribution in [3.63, 3.8) is 0 Å². The summed E-state index contributed by atoms with van der Waals surface area (Å²) in [6.45, 7) is 6.13. The van der Waals surface area contributed by atoms with Crippen LogP contribution in [0.15, 0.2) is 71.6 Å². The number of ether oxygens (including phenoxy) is 5. The zero-order valence-corrected chi connectivity index (χ0v) is 30.8. The van der Waals surface area contributed by atoms with Gasteiger partial charge in [-0.05, 0) is 60.7 Å². The minimum Gasteiger partial charge on any atom is -0.490 e. The number of rotatable bonds is 17. The average molecular weight is 733 g/mol. The van der Waals surface area contributed by atoms with Crippen molar-refractivity contribution in [2.75, 3.05) is 71.4 Å². The van der Waals surface area contributed by atoms with E-state index in [0.717, 1.165) is 63.8 Å². The van der Waals surface area contributed by atoms with E-state index in [1.54, 1.807) is 26.4 Å². The minimum atomic E-state index is -4.17. The topological polar surface area (TPSA) is 130 Å². The lowest BCUT2D eigenvalue weighted by molar-refractivity contribution is -0.0566. The van der Waals surface area contributed by atoms with Gasteiger partial charge in [-0.15, -0.1) is 0 Å². The van der Waals surface area contributed by atoms with Crippen LogP contribution in [0, 0.1) is 6.92 Å². The molecule has 1 saturated heterocycles. The Labute approximate surface area is 296 Å². The number of hydrogen-bond donors (Lipinski definition) is 0. The molecule has 50 heavy (non-hydrogen) atoms. The molecule has 274 valence electrons. The summed E-state index contributed by atoms with van der Waals surface area (Å²) >= 11 is 0. The fourth-order valence-corrected chi connectivity index (χ4v) is 8.43. The second-order valence-corrected chi connectivity index (χ2v) is 16.1. The first-order chi connectivity index (χ1) is 24.0. The molecule has 5 rings (SSSR count). The van der Waals surface area contributed by atoms with Gasteiger partial charge in [-0.25, -0.2) is 12.6 Å². The highest BCUT2D eigenvalue weighted by molar-refractivity contribution is 7.89. The molecule has 0 aliphatic carbocycles. The van der Waals surface area contributed by atoms with Gasteiger partial charge in [-0.3, -0.25) is 0 Å². The van der Waals surface area contributed by atoms with Crippen LogP contribution >= 0.6 is 0 Å². The van der Waals surface area contributed by atoms with Crippen molar-refractivity contribution in [3.05, 3.63) is 89.0 Å². The number of methoxy groups -OCH3 is 2. The molecular weight excluding hydrogens is 685 g/mol. The fraction of sp³-hybridized carbons (Fsp3) is 0.500. The number of anilines is 1. The number of hydrogen-bond acceptors (Lipinski definition) is 11. The Morgan fingerprint density at radius 1 is 0.860 bits per heavy atom. The van der Waals surface area contributed by atoms with Crippen LogP contribution < -0.4 is 9.64 Å². The maximum absolute atomic E-state index is 14.1. The second kappa shape index (κ2) is 17.4. The second-order valence-electron chi connectivity index (χ2n) is 12.6. The van der Waals surface area contributed by atoms with Crippen LogP contribution in [-0.4, -0.2) is 100 Å². The molecule has 0 bridgehead atoms. The Bertz CT molecular complexity index is 1750. The van der Waals surface area contributed by atoms with E-state index < -0.39 is 32.5 Å². The van der Waals surface area contributed by atoms with E-state index in [2.05, 4.69) is 4.90 Å². The van der Waals surface area contributed by atoms with Crippen molar-refractivity contribution < 1.29 is 44.7 Å². The zero-order chi connectivity index (χ0) is 35.7. The lowest BCUT2D eigenvalue weighted by Gasteiger charge is -2.42.